The van der Waals surface area contributed by atoms with Crippen LogP contribution in [0.2, 0.25) is 0 Å². The number of nitrogens with one attached hydrogen (secondary N) is 1. The number of aryl methyl sites for hydroxylation is 2. The number of piperazine rings is 1. The van der Waals surface area contributed by atoms with Crippen LogP contribution < -0.4 is 9.62 Å². The highest BCUT2D eigenvalue weighted by Crippen LogP contribution is 2.31. The zero-order valence-corrected chi connectivity index (χ0v) is 23.5. The first-order chi connectivity index (χ1) is 19.4. The predicted molar refractivity (Wildman–Crippen MR) is 152 cm³/mol. The van der Waals surface area contributed by atoms with Gasteiger partial charge >= 0.3 is 0 Å². The van der Waals surface area contributed by atoms with Crippen LogP contribution in [-0.2, 0) is 29.5 Å². The molecule has 9 nitrogen and oxygen atoms in total. The molecule has 0 bridgehead atoms. The number of aliphatic hydroxyl groups is 1. The molecule has 2 aliphatic rings. The van der Waals surface area contributed by atoms with Crippen LogP contribution in [0.4, 0.5) is 9.52 Å². The molecule has 40 heavy (non-hydrogen) atoms. The molecule has 0 spiro atoms. The topological polar surface area (TPSA) is 104 Å². The lowest BCUT2D eigenvalue weighted by Gasteiger charge is -2.37. The Morgan fingerprint density at radius 2 is 1.90 bits per heavy atom. The first-order valence-corrected chi connectivity index (χ1v) is 15.6. The van der Waals surface area contributed by atoms with Gasteiger partial charge in [0.2, 0.25) is 0 Å². The van der Waals surface area contributed by atoms with E-state index in [0.29, 0.717) is 24.6 Å². The van der Waals surface area contributed by atoms with Crippen molar-refractivity contribution in [3.63, 3.8) is 0 Å². The molecular weight excluding hydrogens is 551 g/mol. The number of anilines is 1. The van der Waals surface area contributed by atoms with E-state index in [9.17, 15) is 17.9 Å². The summed E-state index contributed by atoms with van der Waals surface area (Å²) in [6.07, 6.45) is 6.11. The third-order valence-electron chi connectivity index (χ3n) is 7.61. The van der Waals surface area contributed by atoms with Crippen molar-refractivity contribution in [2.45, 2.75) is 42.3 Å². The number of aromatic nitrogens is 3. The quantitative estimate of drug-likeness (QED) is 0.313. The van der Waals surface area contributed by atoms with E-state index in [4.69, 9.17) is 0 Å². The van der Waals surface area contributed by atoms with E-state index in [-0.39, 0.29) is 28.7 Å². The summed E-state index contributed by atoms with van der Waals surface area (Å²) >= 11 is 1.17. The van der Waals surface area contributed by atoms with Crippen LogP contribution in [0.25, 0.3) is 11.3 Å². The molecule has 4 heterocycles. The van der Waals surface area contributed by atoms with Crippen LogP contribution in [0, 0.1) is 5.82 Å². The zero-order valence-electron chi connectivity index (χ0n) is 21.9. The first kappa shape index (κ1) is 27.0. The number of halogens is 1. The van der Waals surface area contributed by atoms with Crippen LogP contribution in [-0.4, -0.2) is 71.3 Å². The Hall–Kier alpha value is -3.16. The average molecular weight is 583 g/mol. The number of aliphatic hydroxyl groups excluding tert-OH is 1. The summed E-state index contributed by atoms with van der Waals surface area (Å²) in [6, 6.07) is 14.4. The third-order valence-corrected chi connectivity index (χ3v) is 10.5. The van der Waals surface area contributed by atoms with Crippen molar-refractivity contribution >= 4 is 26.5 Å². The molecular formula is C28H31FN6O3S2. The van der Waals surface area contributed by atoms with Gasteiger partial charge < -0.3 is 14.6 Å². The fourth-order valence-corrected chi connectivity index (χ4v) is 7.71. The molecule has 2 aromatic carbocycles. The number of benzene rings is 2. The molecule has 0 amide bonds. The number of imidazole rings is 1. The van der Waals surface area contributed by atoms with Crippen LogP contribution in [0.5, 0.6) is 0 Å². The maximum atomic E-state index is 13.3. The lowest BCUT2D eigenvalue weighted by molar-refractivity contribution is 0.173. The van der Waals surface area contributed by atoms with E-state index in [1.807, 2.05) is 28.8 Å². The van der Waals surface area contributed by atoms with Gasteiger partial charge in [-0.2, -0.15) is 0 Å². The Kier molecular flexibility index (Phi) is 7.69. The minimum absolute atomic E-state index is 0.119. The van der Waals surface area contributed by atoms with Crippen molar-refractivity contribution in [2.75, 3.05) is 31.1 Å². The van der Waals surface area contributed by atoms with Crippen molar-refractivity contribution in [2.24, 2.45) is 0 Å². The standard InChI is InChI=1S/C28H31FN6O3S2/c29-22-7-5-20(6-8-22)9-10-35-19-30-15-26(35)25-4-2-1-3-21(25)14-32-40(37,38)27-16-31-28(39-27)34-12-11-33-18-24(36)13-23(33)17-34/h1-8,15-16,19,23-24,32,36H,9-14,17-18H2. The molecule has 2 unspecified atom stereocenters. The number of thiazole rings is 1. The molecule has 2 saturated heterocycles. The van der Waals surface area contributed by atoms with E-state index < -0.39 is 10.0 Å². The van der Waals surface area contributed by atoms with E-state index in [0.717, 1.165) is 48.4 Å². The van der Waals surface area contributed by atoms with Crippen LogP contribution >= 0.6 is 11.3 Å². The van der Waals surface area contributed by atoms with E-state index in [1.54, 1.807) is 24.7 Å². The number of fused-ring (bicyclic) bond motifs is 1. The number of rotatable bonds is 9. The fourth-order valence-electron chi connectivity index (χ4n) is 5.50. The highest BCUT2D eigenvalue weighted by molar-refractivity contribution is 7.91. The Bertz CT molecular complexity index is 1570. The van der Waals surface area contributed by atoms with Gasteiger partial charge in [-0.15, -0.1) is 0 Å². The van der Waals surface area contributed by atoms with Crippen LogP contribution in [0.3, 0.4) is 0 Å². The predicted octanol–water partition coefficient (Wildman–Crippen LogP) is 3.12. The van der Waals surface area contributed by atoms with Crippen molar-refractivity contribution in [1.82, 2.24) is 24.2 Å². The van der Waals surface area contributed by atoms with Gasteiger partial charge in [-0.25, -0.2) is 27.5 Å². The van der Waals surface area contributed by atoms with Crippen molar-refractivity contribution in [3.8, 4) is 11.3 Å². The summed E-state index contributed by atoms with van der Waals surface area (Å²) < 4.78 is 44.7. The summed E-state index contributed by atoms with van der Waals surface area (Å²) in [7, 11) is -3.77. The monoisotopic (exact) mass is 582 g/mol. The molecule has 2 fully saturated rings. The van der Waals surface area contributed by atoms with Gasteiger partial charge in [0.15, 0.2) is 9.34 Å². The lowest BCUT2D eigenvalue weighted by atomic mass is 10.0. The number of hydrogen-bond donors (Lipinski definition) is 2. The maximum absolute atomic E-state index is 13.3. The summed E-state index contributed by atoms with van der Waals surface area (Å²) in [4.78, 5) is 13.2. The van der Waals surface area contributed by atoms with Crippen molar-refractivity contribution < 1.29 is 17.9 Å². The number of nitrogens with zero attached hydrogens (tertiary/aromatic N) is 5. The van der Waals surface area contributed by atoms with Gasteiger partial charge in [0, 0.05) is 50.9 Å². The molecule has 0 aliphatic carbocycles. The van der Waals surface area contributed by atoms with E-state index >= 15 is 0 Å². The molecule has 12 heteroatoms. The smallest absolute Gasteiger partial charge is 0.252 e. The maximum Gasteiger partial charge on any atom is 0.252 e. The summed E-state index contributed by atoms with van der Waals surface area (Å²) in [5.41, 5.74) is 3.63. The largest absolute Gasteiger partial charge is 0.392 e. The second kappa shape index (κ2) is 11.4. The second-order valence-electron chi connectivity index (χ2n) is 10.3. The fraction of sp³-hybridized carbons (Fsp3) is 0.357. The van der Waals surface area contributed by atoms with E-state index in [2.05, 4.69) is 24.5 Å². The molecule has 0 saturated carbocycles. The van der Waals surface area contributed by atoms with Gasteiger partial charge in [0.05, 0.1) is 30.5 Å². The number of sulfonamides is 1. The van der Waals surface area contributed by atoms with Crippen molar-refractivity contribution in [1.29, 1.82) is 0 Å². The molecule has 210 valence electrons. The molecule has 2 aliphatic heterocycles. The van der Waals surface area contributed by atoms with Gasteiger partial charge in [-0.1, -0.05) is 47.7 Å². The SMILES string of the molecule is O=S(=O)(NCc1ccccc1-c1cncn1CCc1ccc(F)cc1)c1cnc(N2CCN3CC(O)CC3C2)s1. The normalized spacial score (nSPS) is 19.7. The molecule has 2 atom stereocenters. The summed E-state index contributed by atoms with van der Waals surface area (Å²) in [5, 5.41) is 10.7. The number of hydrogen-bond acceptors (Lipinski definition) is 8. The molecule has 4 aromatic rings. The Balaban J connectivity index is 1.13. The molecule has 6 rings (SSSR count). The third kappa shape index (κ3) is 5.81. The van der Waals surface area contributed by atoms with Gasteiger partial charge in [0.25, 0.3) is 10.0 Å². The molecule has 2 aromatic heterocycles. The summed E-state index contributed by atoms with van der Waals surface area (Å²) in [6.45, 7) is 3.80. The highest BCUT2D eigenvalue weighted by atomic mass is 32.2. The Morgan fingerprint density at radius 3 is 2.75 bits per heavy atom. The van der Waals surface area contributed by atoms with Gasteiger partial charge in [-0.05, 0) is 36.1 Å². The minimum atomic E-state index is -3.77. The summed E-state index contributed by atoms with van der Waals surface area (Å²) in [5.74, 6) is -0.259. The first-order valence-electron chi connectivity index (χ1n) is 13.3. The van der Waals surface area contributed by atoms with Crippen molar-refractivity contribution in [3.05, 3.63) is 84.2 Å². The Labute approximate surface area is 237 Å². The van der Waals surface area contributed by atoms with Gasteiger partial charge in [-0.3, -0.25) is 4.90 Å². The van der Waals surface area contributed by atoms with Crippen LogP contribution in [0.1, 0.15) is 17.5 Å². The van der Waals surface area contributed by atoms with Crippen LogP contribution in [0.15, 0.2) is 71.5 Å². The zero-order chi connectivity index (χ0) is 27.7. The Morgan fingerprint density at radius 1 is 1.07 bits per heavy atom. The highest BCUT2D eigenvalue weighted by Gasteiger charge is 2.36. The average Bonchev–Trinajstić information content (AvgIpc) is 3.71. The lowest BCUT2D eigenvalue weighted by Crippen LogP contribution is -2.50. The second-order valence-corrected chi connectivity index (χ2v) is 13.3. The minimum Gasteiger partial charge on any atom is -0.392 e. The molecule has 0 radical (unpaired) electrons. The molecule has 2 N–H and O–H groups in total. The van der Waals surface area contributed by atoms with Gasteiger partial charge in [0.1, 0.15) is 5.82 Å². The van der Waals surface area contributed by atoms with E-state index in [1.165, 1.54) is 29.7 Å².